The summed E-state index contributed by atoms with van der Waals surface area (Å²) in [5, 5.41) is 5.75. The third-order valence-electron chi connectivity index (χ3n) is 4.76. The molecule has 1 rings (SSSR count). The minimum absolute atomic E-state index is 0.295. The summed E-state index contributed by atoms with van der Waals surface area (Å²) in [5.74, 6) is 6.69. The van der Waals surface area contributed by atoms with Crippen molar-refractivity contribution in [2.24, 2.45) is 11.8 Å². The Hall–Kier alpha value is -1.74. The van der Waals surface area contributed by atoms with Gasteiger partial charge in [0.2, 0.25) is 0 Å². The molecular weight excluding hydrogens is 332 g/mol. The molecule has 3 unspecified atom stereocenters. The third-order valence-corrected chi connectivity index (χ3v) is 4.76. The molecule has 2 N–H and O–H groups in total. The van der Waals surface area contributed by atoms with E-state index in [1.54, 1.807) is 6.92 Å². The number of ether oxygens (including phenoxy) is 2. The van der Waals surface area contributed by atoms with Crippen LogP contribution >= 0.6 is 0 Å². The maximum atomic E-state index is 12.2. The fraction of sp³-hybridized carbons (Fsp3) is 0.800. The molecule has 3 atom stereocenters. The first-order valence-electron chi connectivity index (χ1n) is 9.78. The molecule has 0 bridgehead atoms. The number of alkyl carbamates (subject to hydrolysis) is 1. The fourth-order valence-electron chi connectivity index (χ4n) is 3.01. The maximum absolute atomic E-state index is 12.2. The second kappa shape index (κ2) is 13.5. The average molecular weight is 367 g/mol. The lowest BCUT2D eigenvalue weighted by Crippen LogP contribution is -2.42. The molecule has 0 aromatic heterocycles. The molecule has 148 valence electrons. The Labute approximate surface area is 157 Å². The fourth-order valence-corrected chi connectivity index (χ4v) is 3.01. The molecule has 6 heteroatoms. The summed E-state index contributed by atoms with van der Waals surface area (Å²) in [6.07, 6.45) is 5.47. The van der Waals surface area contributed by atoms with Crippen molar-refractivity contribution in [3.63, 3.8) is 0 Å². The highest BCUT2D eigenvalue weighted by Gasteiger charge is 2.24. The summed E-state index contributed by atoms with van der Waals surface area (Å²) in [7, 11) is 1.89. The van der Waals surface area contributed by atoms with Crippen molar-refractivity contribution in [2.45, 2.75) is 64.8 Å². The lowest BCUT2D eigenvalue weighted by molar-refractivity contribution is -0.145. The van der Waals surface area contributed by atoms with Gasteiger partial charge in [-0.15, -0.1) is 11.8 Å². The lowest BCUT2D eigenvalue weighted by Gasteiger charge is -2.24. The van der Waals surface area contributed by atoms with Gasteiger partial charge in [0.1, 0.15) is 6.04 Å². The van der Waals surface area contributed by atoms with Gasteiger partial charge in [0.05, 0.1) is 13.2 Å². The Morgan fingerprint density at radius 1 is 1.15 bits per heavy atom. The summed E-state index contributed by atoms with van der Waals surface area (Å²) in [5.41, 5.74) is 0. The average Bonchev–Trinajstić information content (AvgIpc) is 2.60. The van der Waals surface area contributed by atoms with Crippen LogP contribution in [0, 0.1) is 23.7 Å². The van der Waals surface area contributed by atoms with Crippen molar-refractivity contribution in [3.05, 3.63) is 0 Å². The van der Waals surface area contributed by atoms with Gasteiger partial charge in [-0.3, -0.25) is 0 Å². The molecule has 0 saturated heterocycles. The number of unbranched alkanes of at least 4 members (excludes halogenated alkanes) is 1. The van der Waals surface area contributed by atoms with E-state index in [-0.39, 0.29) is 0 Å². The highest BCUT2D eigenvalue weighted by Crippen LogP contribution is 2.23. The van der Waals surface area contributed by atoms with Crippen molar-refractivity contribution >= 4 is 12.1 Å². The summed E-state index contributed by atoms with van der Waals surface area (Å²) in [6, 6.07) is -0.653. The zero-order valence-electron chi connectivity index (χ0n) is 16.4. The Morgan fingerprint density at radius 3 is 2.58 bits per heavy atom. The van der Waals surface area contributed by atoms with Crippen LogP contribution in [0.15, 0.2) is 0 Å². The number of esters is 1. The zero-order chi connectivity index (χ0) is 19.2. The van der Waals surface area contributed by atoms with Crippen LogP contribution in [0.2, 0.25) is 0 Å². The van der Waals surface area contributed by atoms with E-state index < -0.39 is 18.1 Å². The first-order valence-corrected chi connectivity index (χ1v) is 9.78. The molecule has 1 aliphatic rings. The van der Waals surface area contributed by atoms with Gasteiger partial charge in [0.25, 0.3) is 0 Å². The Bertz CT molecular complexity index is 484. The molecule has 26 heavy (non-hydrogen) atoms. The van der Waals surface area contributed by atoms with Gasteiger partial charge in [-0.2, -0.15) is 0 Å². The lowest BCUT2D eigenvalue weighted by atomic mass is 9.86. The number of hydrogen-bond acceptors (Lipinski definition) is 5. The van der Waals surface area contributed by atoms with Crippen molar-refractivity contribution in [2.75, 3.05) is 26.8 Å². The molecule has 0 heterocycles. The molecule has 0 aromatic rings. The highest BCUT2D eigenvalue weighted by atomic mass is 16.6. The van der Waals surface area contributed by atoms with Gasteiger partial charge in [0.15, 0.2) is 0 Å². The molecule has 1 aliphatic carbocycles. The van der Waals surface area contributed by atoms with Crippen molar-refractivity contribution in [1.82, 2.24) is 10.6 Å². The number of amides is 1. The van der Waals surface area contributed by atoms with E-state index in [9.17, 15) is 9.59 Å². The zero-order valence-corrected chi connectivity index (χ0v) is 16.4. The quantitative estimate of drug-likeness (QED) is 0.353. The predicted molar refractivity (Wildman–Crippen MR) is 102 cm³/mol. The summed E-state index contributed by atoms with van der Waals surface area (Å²) >= 11 is 0. The first-order chi connectivity index (χ1) is 12.6. The van der Waals surface area contributed by atoms with Crippen LogP contribution in [0.1, 0.15) is 58.8 Å². The van der Waals surface area contributed by atoms with Crippen LogP contribution in [0.25, 0.3) is 0 Å². The van der Waals surface area contributed by atoms with Gasteiger partial charge in [-0.1, -0.05) is 6.92 Å². The molecule has 6 nitrogen and oxygen atoms in total. The van der Waals surface area contributed by atoms with Crippen molar-refractivity contribution in [1.29, 1.82) is 0 Å². The smallest absolute Gasteiger partial charge is 0.407 e. The Balaban J connectivity index is 2.46. The first kappa shape index (κ1) is 22.3. The minimum atomic E-state index is -0.653. The van der Waals surface area contributed by atoms with Crippen LogP contribution in [-0.4, -0.2) is 44.9 Å². The van der Waals surface area contributed by atoms with Crippen LogP contribution < -0.4 is 10.6 Å². The molecular formula is C20H34N2O4. The van der Waals surface area contributed by atoms with E-state index >= 15 is 0 Å². The van der Waals surface area contributed by atoms with E-state index in [0.717, 1.165) is 45.1 Å². The van der Waals surface area contributed by atoms with Crippen molar-refractivity contribution in [3.8, 4) is 11.8 Å². The molecule has 0 aliphatic heterocycles. The van der Waals surface area contributed by atoms with Gasteiger partial charge in [0, 0.05) is 12.8 Å². The van der Waals surface area contributed by atoms with Crippen LogP contribution in [0.4, 0.5) is 4.79 Å². The SMILES string of the molecule is CCOC(=O)C(CCCCNC)NC(=O)OCC1CCC#CCCC1C. The third kappa shape index (κ3) is 9.10. The van der Waals surface area contributed by atoms with Gasteiger partial charge in [-0.25, -0.2) is 9.59 Å². The monoisotopic (exact) mass is 366 g/mol. The van der Waals surface area contributed by atoms with Crippen LogP contribution in [-0.2, 0) is 14.3 Å². The summed E-state index contributed by atoms with van der Waals surface area (Å²) < 4.78 is 10.5. The number of hydrogen-bond donors (Lipinski definition) is 2. The maximum Gasteiger partial charge on any atom is 0.407 e. The van der Waals surface area contributed by atoms with E-state index in [1.165, 1.54) is 0 Å². The van der Waals surface area contributed by atoms with E-state index in [0.29, 0.717) is 31.5 Å². The molecule has 0 fully saturated rings. The summed E-state index contributed by atoms with van der Waals surface area (Å²) in [6.45, 7) is 5.48. The molecule has 1 amide bonds. The molecule has 0 aromatic carbocycles. The van der Waals surface area contributed by atoms with E-state index in [1.807, 2.05) is 7.05 Å². The summed E-state index contributed by atoms with van der Waals surface area (Å²) in [4.78, 5) is 24.2. The number of rotatable bonds is 10. The van der Waals surface area contributed by atoms with Gasteiger partial charge >= 0.3 is 12.1 Å². The van der Waals surface area contributed by atoms with Gasteiger partial charge < -0.3 is 20.1 Å². The Morgan fingerprint density at radius 2 is 1.88 bits per heavy atom. The largest absolute Gasteiger partial charge is 0.464 e. The Kier molecular flexibility index (Phi) is 11.5. The highest BCUT2D eigenvalue weighted by molar-refractivity contribution is 5.81. The molecule has 0 saturated carbocycles. The topological polar surface area (TPSA) is 76.7 Å². The number of carbonyl (C=O) groups excluding carboxylic acids is 2. The number of carbonyl (C=O) groups is 2. The van der Waals surface area contributed by atoms with Gasteiger partial charge in [-0.05, 0) is 64.5 Å². The second-order valence-electron chi connectivity index (χ2n) is 6.82. The van der Waals surface area contributed by atoms with E-state index in [4.69, 9.17) is 9.47 Å². The number of nitrogens with one attached hydrogen (secondary N) is 2. The molecule has 0 spiro atoms. The van der Waals surface area contributed by atoms with Crippen LogP contribution in [0.5, 0.6) is 0 Å². The standard InChI is InChI=1S/C20H34N2O4/c1-4-25-19(23)18(13-9-10-14-21-3)22-20(24)26-15-17-12-8-6-5-7-11-16(17)2/h16-18,21H,4,7-15H2,1-3H3,(H,22,24). The van der Waals surface area contributed by atoms with Crippen LogP contribution in [0.3, 0.4) is 0 Å². The minimum Gasteiger partial charge on any atom is -0.464 e. The van der Waals surface area contributed by atoms with E-state index in [2.05, 4.69) is 29.4 Å². The second-order valence-corrected chi connectivity index (χ2v) is 6.82. The normalized spacial score (nSPS) is 20.7. The predicted octanol–water partition coefficient (Wildman–Crippen LogP) is 2.86. The van der Waals surface area contributed by atoms with Crippen molar-refractivity contribution < 1.29 is 19.1 Å². The molecule has 0 radical (unpaired) electrons.